The number of rotatable bonds is 6. The molecule has 25 heavy (non-hydrogen) atoms. The number of H-pyrrole nitrogens is 1. The van der Waals surface area contributed by atoms with Crippen molar-refractivity contribution in [2.24, 2.45) is 0 Å². The Balaban J connectivity index is 1.84. The standard InChI is InChI=1S/C18H19N5OS/c1-3-23(7-8-24-2)18-16-14(6-9-25-16)20-17(21-18)12-4-5-13-11-19-22-15(13)10-12/h4-6,9-11H,3,7-8H2,1-2H3,(H,19,22). The fourth-order valence-corrected chi connectivity index (χ4v) is 3.73. The van der Waals surface area contributed by atoms with Crippen molar-refractivity contribution in [1.82, 2.24) is 20.2 Å². The molecular weight excluding hydrogens is 334 g/mol. The average Bonchev–Trinajstić information content (AvgIpc) is 3.30. The number of nitrogens with one attached hydrogen (secondary N) is 1. The lowest BCUT2D eigenvalue weighted by molar-refractivity contribution is 0.205. The quantitative estimate of drug-likeness (QED) is 0.572. The first-order chi connectivity index (χ1) is 12.3. The normalized spacial score (nSPS) is 11.4. The Morgan fingerprint density at radius 1 is 1.24 bits per heavy atom. The fraction of sp³-hybridized carbons (Fsp3) is 0.278. The van der Waals surface area contributed by atoms with Gasteiger partial charge in [-0.05, 0) is 24.4 Å². The first kappa shape index (κ1) is 16.0. The van der Waals surface area contributed by atoms with Gasteiger partial charge < -0.3 is 9.64 Å². The largest absolute Gasteiger partial charge is 0.383 e. The predicted molar refractivity (Wildman–Crippen MR) is 102 cm³/mol. The molecule has 0 aliphatic heterocycles. The summed E-state index contributed by atoms with van der Waals surface area (Å²) in [5.41, 5.74) is 2.94. The topological polar surface area (TPSA) is 66.9 Å². The van der Waals surface area contributed by atoms with Crippen LogP contribution in [0, 0.1) is 0 Å². The summed E-state index contributed by atoms with van der Waals surface area (Å²) in [4.78, 5) is 11.9. The average molecular weight is 353 g/mol. The number of anilines is 1. The maximum atomic E-state index is 5.25. The smallest absolute Gasteiger partial charge is 0.162 e. The number of ether oxygens (including phenoxy) is 1. The van der Waals surface area contributed by atoms with Crippen molar-refractivity contribution in [3.05, 3.63) is 35.8 Å². The summed E-state index contributed by atoms with van der Waals surface area (Å²) >= 11 is 1.68. The van der Waals surface area contributed by atoms with Crippen LogP contribution in [0.25, 0.3) is 32.5 Å². The summed E-state index contributed by atoms with van der Waals surface area (Å²) in [6.45, 7) is 4.47. The van der Waals surface area contributed by atoms with Gasteiger partial charge in [0.05, 0.1) is 28.5 Å². The number of aromatic amines is 1. The number of methoxy groups -OCH3 is 1. The minimum atomic E-state index is 0.667. The van der Waals surface area contributed by atoms with E-state index >= 15 is 0 Å². The van der Waals surface area contributed by atoms with Gasteiger partial charge in [0.15, 0.2) is 11.6 Å². The third-order valence-corrected chi connectivity index (χ3v) is 5.13. The third kappa shape index (κ3) is 2.96. The predicted octanol–water partition coefficient (Wildman–Crippen LogP) is 3.71. The number of fused-ring (bicyclic) bond motifs is 2. The van der Waals surface area contributed by atoms with E-state index in [0.29, 0.717) is 6.61 Å². The molecule has 3 aromatic heterocycles. The molecule has 128 valence electrons. The molecule has 6 nitrogen and oxygen atoms in total. The van der Waals surface area contributed by atoms with Crippen molar-refractivity contribution in [1.29, 1.82) is 0 Å². The molecule has 0 radical (unpaired) electrons. The minimum absolute atomic E-state index is 0.667. The van der Waals surface area contributed by atoms with Gasteiger partial charge >= 0.3 is 0 Å². The second-order valence-corrected chi connectivity index (χ2v) is 6.67. The van der Waals surface area contributed by atoms with Gasteiger partial charge in [0.1, 0.15) is 0 Å². The number of likely N-dealkylation sites (N-methyl/N-ethyl adjacent to an activating group) is 1. The number of hydrogen-bond acceptors (Lipinski definition) is 6. The van der Waals surface area contributed by atoms with E-state index in [1.165, 1.54) is 0 Å². The van der Waals surface area contributed by atoms with Gasteiger partial charge in [-0.2, -0.15) is 5.10 Å². The van der Waals surface area contributed by atoms with Crippen molar-refractivity contribution in [2.75, 3.05) is 31.7 Å². The number of thiophene rings is 1. The lowest BCUT2D eigenvalue weighted by Gasteiger charge is -2.22. The van der Waals surface area contributed by atoms with E-state index in [1.807, 2.05) is 30.5 Å². The Labute approximate surface area is 149 Å². The highest BCUT2D eigenvalue weighted by atomic mass is 32.1. The molecule has 0 unspecified atom stereocenters. The van der Waals surface area contributed by atoms with E-state index in [-0.39, 0.29) is 0 Å². The number of aromatic nitrogens is 4. The third-order valence-electron chi connectivity index (χ3n) is 4.23. The highest BCUT2D eigenvalue weighted by molar-refractivity contribution is 7.17. The molecule has 0 fully saturated rings. The van der Waals surface area contributed by atoms with E-state index in [1.54, 1.807) is 18.4 Å². The van der Waals surface area contributed by atoms with Crippen molar-refractivity contribution < 1.29 is 4.74 Å². The number of benzene rings is 1. The maximum Gasteiger partial charge on any atom is 0.162 e. The molecule has 0 atom stereocenters. The Morgan fingerprint density at radius 2 is 2.16 bits per heavy atom. The van der Waals surface area contributed by atoms with Crippen LogP contribution in [0.15, 0.2) is 35.8 Å². The summed E-state index contributed by atoms with van der Waals surface area (Å²) < 4.78 is 6.37. The maximum absolute atomic E-state index is 5.25. The van der Waals surface area contributed by atoms with E-state index in [4.69, 9.17) is 14.7 Å². The second-order valence-electron chi connectivity index (χ2n) is 5.75. The Hall–Kier alpha value is -2.51. The summed E-state index contributed by atoms with van der Waals surface area (Å²) in [7, 11) is 1.72. The zero-order valence-electron chi connectivity index (χ0n) is 14.2. The minimum Gasteiger partial charge on any atom is -0.383 e. The van der Waals surface area contributed by atoms with Crippen molar-refractivity contribution >= 4 is 38.3 Å². The van der Waals surface area contributed by atoms with Crippen LogP contribution in [0.2, 0.25) is 0 Å². The van der Waals surface area contributed by atoms with Crippen molar-refractivity contribution in [3.63, 3.8) is 0 Å². The van der Waals surface area contributed by atoms with Gasteiger partial charge in [-0.3, -0.25) is 5.10 Å². The van der Waals surface area contributed by atoms with Crippen molar-refractivity contribution in [3.8, 4) is 11.4 Å². The van der Waals surface area contributed by atoms with Crippen LogP contribution < -0.4 is 4.90 Å². The molecule has 0 bridgehead atoms. The highest BCUT2D eigenvalue weighted by Crippen LogP contribution is 2.32. The van der Waals surface area contributed by atoms with E-state index in [2.05, 4.69) is 27.4 Å². The van der Waals surface area contributed by atoms with Crippen molar-refractivity contribution in [2.45, 2.75) is 6.92 Å². The molecular formula is C18H19N5OS. The number of nitrogens with zero attached hydrogens (tertiary/aromatic N) is 4. The molecule has 1 N–H and O–H groups in total. The molecule has 0 saturated carbocycles. The molecule has 7 heteroatoms. The monoisotopic (exact) mass is 353 g/mol. The number of hydrogen-bond donors (Lipinski definition) is 1. The molecule has 0 spiro atoms. The van der Waals surface area contributed by atoms with Crippen LogP contribution in [0.3, 0.4) is 0 Å². The van der Waals surface area contributed by atoms with Crippen LogP contribution in [0.5, 0.6) is 0 Å². The van der Waals surface area contributed by atoms with E-state index in [0.717, 1.165) is 51.4 Å². The van der Waals surface area contributed by atoms with Gasteiger partial charge in [0.25, 0.3) is 0 Å². The van der Waals surface area contributed by atoms with Gasteiger partial charge in [-0.25, -0.2) is 9.97 Å². The Kier molecular flexibility index (Phi) is 4.33. The van der Waals surface area contributed by atoms with E-state index in [9.17, 15) is 0 Å². The zero-order valence-corrected chi connectivity index (χ0v) is 15.0. The van der Waals surface area contributed by atoms with Gasteiger partial charge in [0, 0.05) is 31.1 Å². The van der Waals surface area contributed by atoms with Crippen LogP contribution in [-0.4, -0.2) is 47.0 Å². The molecule has 0 saturated heterocycles. The van der Waals surface area contributed by atoms with Gasteiger partial charge in [-0.1, -0.05) is 12.1 Å². The van der Waals surface area contributed by atoms with Gasteiger partial charge in [0.2, 0.25) is 0 Å². The SMILES string of the molecule is CCN(CCOC)c1nc(-c2ccc3cn[nH]c3c2)nc2ccsc12. The second kappa shape index (κ2) is 6.78. The van der Waals surface area contributed by atoms with Crippen LogP contribution in [0.4, 0.5) is 5.82 Å². The van der Waals surface area contributed by atoms with Crippen LogP contribution >= 0.6 is 11.3 Å². The molecule has 4 aromatic rings. The Morgan fingerprint density at radius 3 is 3.00 bits per heavy atom. The molecule has 0 amide bonds. The fourth-order valence-electron chi connectivity index (χ4n) is 2.88. The summed E-state index contributed by atoms with van der Waals surface area (Å²) in [6, 6.07) is 8.18. The molecule has 0 aliphatic rings. The van der Waals surface area contributed by atoms with Crippen LogP contribution in [-0.2, 0) is 4.74 Å². The highest BCUT2D eigenvalue weighted by Gasteiger charge is 2.16. The first-order valence-electron chi connectivity index (χ1n) is 8.22. The molecule has 3 heterocycles. The lowest BCUT2D eigenvalue weighted by Crippen LogP contribution is -2.28. The molecule has 4 rings (SSSR count). The summed E-state index contributed by atoms with van der Waals surface area (Å²) in [6.07, 6.45) is 1.82. The lowest BCUT2D eigenvalue weighted by atomic mass is 10.1. The van der Waals surface area contributed by atoms with E-state index < -0.39 is 0 Å². The Bertz CT molecular complexity index is 1010. The first-order valence-corrected chi connectivity index (χ1v) is 9.10. The summed E-state index contributed by atoms with van der Waals surface area (Å²) in [5, 5.41) is 10.2. The molecule has 1 aromatic carbocycles. The molecule has 0 aliphatic carbocycles. The zero-order chi connectivity index (χ0) is 17.2. The van der Waals surface area contributed by atoms with Crippen LogP contribution in [0.1, 0.15) is 6.92 Å². The van der Waals surface area contributed by atoms with Gasteiger partial charge in [-0.15, -0.1) is 11.3 Å². The summed E-state index contributed by atoms with van der Waals surface area (Å²) in [5.74, 6) is 1.70.